The van der Waals surface area contributed by atoms with Crippen molar-refractivity contribution in [2.24, 2.45) is 0 Å². The lowest BCUT2D eigenvalue weighted by atomic mass is 9.87. The lowest BCUT2D eigenvalue weighted by Crippen LogP contribution is -2.45. The highest BCUT2D eigenvalue weighted by Gasteiger charge is 2.47. The van der Waals surface area contributed by atoms with Gasteiger partial charge < -0.3 is 24.8 Å². The number of amides is 1. The van der Waals surface area contributed by atoms with Crippen molar-refractivity contribution in [2.45, 2.75) is 31.7 Å². The third kappa shape index (κ3) is 5.97. The van der Waals surface area contributed by atoms with Crippen LogP contribution in [0.3, 0.4) is 0 Å². The summed E-state index contributed by atoms with van der Waals surface area (Å²) in [5, 5.41) is 3.68. The van der Waals surface area contributed by atoms with E-state index in [1.165, 1.54) is 10.6 Å². The Kier molecular flexibility index (Phi) is 8.00. The van der Waals surface area contributed by atoms with Gasteiger partial charge in [0.1, 0.15) is 23.7 Å². The number of anilines is 5. The van der Waals surface area contributed by atoms with Crippen molar-refractivity contribution in [3.63, 3.8) is 0 Å². The molecule has 0 spiro atoms. The lowest BCUT2D eigenvalue weighted by molar-refractivity contribution is -0.114. The van der Waals surface area contributed by atoms with Crippen LogP contribution in [0, 0.1) is 6.92 Å². The highest BCUT2D eigenvalue weighted by Crippen LogP contribution is 2.46. The second-order valence-corrected chi connectivity index (χ2v) is 11.7. The van der Waals surface area contributed by atoms with Crippen molar-refractivity contribution in [3.05, 3.63) is 83.3 Å². The molecule has 1 saturated carbocycles. The topological polar surface area (TPSA) is 95.8 Å². The highest BCUT2D eigenvalue weighted by atomic mass is 19.3. The first-order valence-electron chi connectivity index (χ1n) is 14.8. The molecule has 1 N–H and O–H groups in total. The van der Waals surface area contributed by atoms with E-state index in [4.69, 9.17) is 4.74 Å². The number of benzene rings is 2. The summed E-state index contributed by atoms with van der Waals surface area (Å²) >= 11 is 0. The molecule has 45 heavy (non-hydrogen) atoms. The van der Waals surface area contributed by atoms with Crippen molar-refractivity contribution in [1.29, 1.82) is 0 Å². The van der Waals surface area contributed by atoms with E-state index in [1.807, 2.05) is 73.3 Å². The van der Waals surface area contributed by atoms with Crippen LogP contribution in [-0.4, -0.2) is 71.6 Å². The molecule has 0 atom stereocenters. The van der Waals surface area contributed by atoms with Gasteiger partial charge in [0.25, 0.3) is 17.4 Å². The van der Waals surface area contributed by atoms with E-state index in [0.29, 0.717) is 47.8 Å². The SMILES string of the molecule is C=CC(=O)N1CCN(c2cc3cnc(Nc4ccc(OCCN(C)C)cc4)nc3n(C3CC(F)(F)C3)c2=O)c2cccc(C)c21. The molecule has 1 fully saturated rings. The maximum absolute atomic E-state index is 14.2. The van der Waals surface area contributed by atoms with Gasteiger partial charge in [0.05, 0.1) is 17.4 Å². The predicted octanol–water partition coefficient (Wildman–Crippen LogP) is 5.42. The number of hydrogen-bond acceptors (Lipinski definition) is 8. The normalized spacial score (nSPS) is 16.0. The van der Waals surface area contributed by atoms with E-state index in [2.05, 4.69) is 21.9 Å². The molecule has 1 aliphatic heterocycles. The molecule has 1 amide bonds. The molecule has 0 bridgehead atoms. The summed E-state index contributed by atoms with van der Waals surface area (Å²) in [7, 11) is 3.96. The zero-order valence-electron chi connectivity index (χ0n) is 25.5. The van der Waals surface area contributed by atoms with Gasteiger partial charge in [-0.15, -0.1) is 0 Å². The summed E-state index contributed by atoms with van der Waals surface area (Å²) in [4.78, 5) is 41.5. The number of alkyl halides is 2. The molecule has 3 heterocycles. The van der Waals surface area contributed by atoms with Gasteiger partial charge in [0.2, 0.25) is 5.95 Å². The van der Waals surface area contributed by atoms with Gasteiger partial charge in [-0.1, -0.05) is 18.7 Å². The van der Waals surface area contributed by atoms with Crippen molar-refractivity contribution < 1.29 is 18.3 Å². The third-order valence-corrected chi connectivity index (χ3v) is 8.16. The second kappa shape index (κ2) is 11.9. The molecule has 1 aliphatic carbocycles. The van der Waals surface area contributed by atoms with E-state index in [1.54, 1.807) is 17.2 Å². The van der Waals surface area contributed by atoms with Crippen LogP contribution in [0.1, 0.15) is 24.4 Å². The minimum absolute atomic E-state index is 0.230. The Balaban J connectivity index is 1.37. The molecule has 4 aromatic rings. The van der Waals surface area contributed by atoms with E-state index < -0.39 is 30.4 Å². The number of nitrogens with one attached hydrogen (secondary N) is 1. The van der Waals surface area contributed by atoms with Crippen LogP contribution in [-0.2, 0) is 4.79 Å². The molecular weight excluding hydrogens is 580 g/mol. The van der Waals surface area contributed by atoms with Crippen LogP contribution in [0.4, 0.5) is 37.5 Å². The molecule has 234 valence electrons. The Morgan fingerprint density at radius 3 is 2.60 bits per heavy atom. The van der Waals surface area contributed by atoms with Gasteiger partial charge in [-0.3, -0.25) is 14.2 Å². The predicted molar refractivity (Wildman–Crippen MR) is 172 cm³/mol. The van der Waals surface area contributed by atoms with Gasteiger partial charge in [-0.05, 0) is 69.1 Å². The smallest absolute Gasteiger partial charge is 0.276 e. The van der Waals surface area contributed by atoms with Crippen LogP contribution >= 0.6 is 0 Å². The number of hydrogen-bond donors (Lipinski definition) is 1. The number of fused-ring (bicyclic) bond motifs is 2. The Labute approximate surface area is 259 Å². The van der Waals surface area contributed by atoms with Crippen LogP contribution in [0.15, 0.2) is 72.2 Å². The fraction of sp³-hybridized carbons (Fsp3) is 0.333. The summed E-state index contributed by atoms with van der Waals surface area (Å²) in [5.74, 6) is -2.14. The van der Waals surface area contributed by atoms with Gasteiger partial charge in [-0.25, -0.2) is 13.8 Å². The number of ether oxygens (including phenoxy) is 1. The zero-order valence-corrected chi connectivity index (χ0v) is 25.5. The molecule has 2 aromatic carbocycles. The third-order valence-electron chi connectivity index (χ3n) is 8.16. The maximum Gasteiger partial charge on any atom is 0.276 e. The Bertz CT molecular complexity index is 1820. The Hall–Kier alpha value is -4.84. The standard InChI is InChI=1S/C33H35F2N7O3/c1-5-28(43)41-14-13-40(26-8-6-7-21(2)29(26)41)27-17-22-20-36-32(37-23-9-11-25(12-10-23)45-16-15-39(3)4)38-30(22)42(31(27)44)24-18-33(34,35)19-24/h5-12,17,20,24H,1,13-16,18-19H2,2-4H3,(H,36,37,38). The number of carbonyl (C=O) groups excluding carboxylic acids is 1. The molecule has 2 aromatic heterocycles. The monoisotopic (exact) mass is 615 g/mol. The Morgan fingerprint density at radius 1 is 1.16 bits per heavy atom. The van der Waals surface area contributed by atoms with Gasteiger partial charge in [0.15, 0.2) is 0 Å². The number of nitrogens with zero attached hydrogens (tertiary/aromatic N) is 6. The Morgan fingerprint density at radius 2 is 1.91 bits per heavy atom. The fourth-order valence-electron chi connectivity index (χ4n) is 5.85. The summed E-state index contributed by atoms with van der Waals surface area (Å²) < 4.78 is 35.4. The van der Waals surface area contributed by atoms with Crippen LogP contribution < -0.4 is 25.4 Å². The van der Waals surface area contributed by atoms with Gasteiger partial charge in [0, 0.05) is 49.7 Å². The molecule has 6 rings (SSSR count). The first kappa shape index (κ1) is 30.2. The second-order valence-electron chi connectivity index (χ2n) is 11.7. The minimum atomic E-state index is -2.85. The van der Waals surface area contributed by atoms with E-state index in [9.17, 15) is 18.4 Å². The number of para-hydroxylation sites is 1. The molecule has 12 heteroatoms. The molecular formula is C33H35F2N7O3. The van der Waals surface area contributed by atoms with Crippen molar-refractivity contribution in [2.75, 3.05) is 55.5 Å². The molecule has 10 nitrogen and oxygen atoms in total. The average Bonchev–Trinajstić information content (AvgIpc) is 3.00. The van der Waals surface area contributed by atoms with Crippen LogP contribution in [0.25, 0.3) is 11.0 Å². The first-order chi connectivity index (χ1) is 21.5. The number of pyridine rings is 1. The summed E-state index contributed by atoms with van der Waals surface area (Å²) in [6.45, 7) is 7.52. The van der Waals surface area contributed by atoms with Crippen molar-refractivity contribution in [1.82, 2.24) is 19.4 Å². The quantitative estimate of drug-likeness (QED) is 0.249. The molecule has 0 radical (unpaired) electrons. The number of aromatic nitrogens is 3. The first-order valence-corrected chi connectivity index (χ1v) is 14.8. The van der Waals surface area contributed by atoms with Crippen molar-refractivity contribution in [3.8, 4) is 5.75 Å². The molecule has 0 unspecified atom stereocenters. The fourth-order valence-corrected chi connectivity index (χ4v) is 5.85. The number of carbonyl (C=O) groups is 1. The summed E-state index contributed by atoms with van der Waals surface area (Å²) in [6.07, 6.45) is 1.95. The van der Waals surface area contributed by atoms with E-state index >= 15 is 0 Å². The molecule has 2 aliphatic rings. The maximum atomic E-state index is 14.2. The van der Waals surface area contributed by atoms with E-state index in [0.717, 1.165) is 17.9 Å². The van der Waals surface area contributed by atoms with Crippen molar-refractivity contribution >= 4 is 45.6 Å². The summed E-state index contributed by atoms with van der Waals surface area (Å²) in [5.41, 5.74) is 3.07. The van der Waals surface area contributed by atoms with Gasteiger partial charge in [-0.2, -0.15) is 4.98 Å². The number of rotatable bonds is 9. The number of halogens is 2. The largest absolute Gasteiger partial charge is 0.492 e. The molecule has 0 saturated heterocycles. The lowest BCUT2D eigenvalue weighted by Gasteiger charge is -2.39. The summed E-state index contributed by atoms with van der Waals surface area (Å²) in [6, 6.07) is 13.9. The number of aryl methyl sites for hydroxylation is 1. The van der Waals surface area contributed by atoms with E-state index in [-0.39, 0.29) is 17.5 Å². The van der Waals surface area contributed by atoms with Crippen LogP contribution in [0.5, 0.6) is 5.75 Å². The number of likely N-dealkylation sites (N-methyl/N-ethyl adjacent to an activating group) is 1. The minimum Gasteiger partial charge on any atom is -0.492 e. The van der Waals surface area contributed by atoms with Gasteiger partial charge >= 0.3 is 0 Å². The average molecular weight is 616 g/mol. The van der Waals surface area contributed by atoms with Crippen LogP contribution in [0.2, 0.25) is 0 Å². The zero-order chi connectivity index (χ0) is 31.9. The highest BCUT2D eigenvalue weighted by molar-refractivity contribution is 6.05.